The lowest BCUT2D eigenvalue weighted by atomic mass is 10.2. The minimum absolute atomic E-state index is 0.183. The van der Waals surface area contributed by atoms with Crippen LogP contribution >= 0.6 is 23.8 Å². The van der Waals surface area contributed by atoms with Gasteiger partial charge in [0.2, 0.25) is 4.77 Å². The van der Waals surface area contributed by atoms with E-state index in [0.717, 1.165) is 31.7 Å². The van der Waals surface area contributed by atoms with Crippen LogP contribution in [0.2, 0.25) is 5.02 Å². The molecule has 1 saturated heterocycles. The van der Waals surface area contributed by atoms with Gasteiger partial charge in [-0.1, -0.05) is 23.7 Å². The molecule has 1 aliphatic rings. The average molecular weight is 434 g/mol. The number of rotatable bonds is 5. The summed E-state index contributed by atoms with van der Waals surface area (Å²) in [6.07, 6.45) is 0. The highest BCUT2D eigenvalue weighted by molar-refractivity contribution is 7.71. The molecule has 152 valence electrons. The molecule has 1 N–H and O–H groups in total. The summed E-state index contributed by atoms with van der Waals surface area (Å²) < 4.78 is 21.7. The molecule has 6 nitrogen and oxygen atoms in total. The normalized spacial score (nSPS) is 14.9. The first kappa shape index (κ1) is 19.9. The van der Waals surface area contributed by atoms with Crippen molar-refractivity contribution in [2.45, 2.75) is 6.67 Å². The molecule has 1 aromatic heterocycles. The highest BCUT2D eigenvalue weighted by Gasteiger charge is 2.20. The van der Waals surface area contributed by atoms with Crippen LogP contribution in [0.3, 0.4) is 0 Å². The van der Waals surface area contributed by atoms with Crippen molar-refractivity contribution in [2.75, 3.05) is 38.2 Å². The number of halogens is 2. The summed E-state index contributed by atoms with van der Waals surface area (Å²) in [6.45, 7) is 3.67. The van der Waals surface area contributed by atoms with E-state index in [2.05, 4.69) is 19.9 Å². The summed E-state index contributed by atoms with van der Waals surface area (Å²) in [5.74, 6) is 1.10. The molecule has 0 saturated carbocycles. The van der Waals surface area contributed by atoms with E-state index in [1.54, 1.807) is 31.4 Å². The first-order valence-electron chi connectivity index (χ1n) is 9.28. The Morgan fingerprint density at radius 1 is 1.17 bits per heavy atom. The number of nitrogens with zero attached hydrogens (tertiary/aromatic N) is 4. The molecule has 29 heavy (non-hydrogen) atoms. The van der Waals surface area contributed by atoms with Gasteiger partial charge in [-0.25, -0.2) is 9.07 Å². The SMILES string of the molecule is COc1ccc(Cl)cc1-c1nc(=S)n(CN2CCN(c3ccccc3F)CC2)[nH]1. The molecule has 3 aromatic rings. The Morgan fingerprint density at radius 2 is 1.93 bits per heavy atom. The number of piperazine rings is 1. The number of methoxy groups -OCH3 is 1. The third kappa shape index (κ3) is 4.29. The lowest BCUT2D eigenvalue weighted by Crippen LogP contribution is -2.47. The molecule has 0 spiro atoms. The fourth-order valence-corrected chi connectivity index (χ4v) is 3.84. The van der Waals surface area contributed by atoms with E-state index in [1.165, 1.54) is 6.07 Å². The van der Waals surface area contributed by atoms with E-state index in [4.69, 9.17) is 28.6 Å². The van der Waals surface area contributed by atoms with Crippen LogP contribution < -0.4 is 9.64 Å². The van der Waals surface area contributed by atoms with Crippen molar-refractivity contribution in [3.05, 3.63) is 58.1 Å². The van der Waals surface area contributed by atoms with Gasteiger partial charge in [-0.05, 0) is 42.5 Å². The molecule has 0 bridgehead atoms. The smallest absolute Gasteiger partial charge is 0.217 e. The number of para-hydroxylation sites is 1. The molecule has 1 aliphatic heterocycles. The van der Waals surface area contributed by atoms with Crippen LogP contribution in [0.25, 0.3) is 11.4 Å². The highest BCUT2D eigenvalue weighted by atomic mass is 35.5. The van der Waals surface area contributed by atoms with Gasteiger partial charge < -0.3 is 9.64 Å². The van der Waals surface area contributed by atoms with Gasteiger partial charge >= 0.3 is 0 Å². The molecular formula is C20H21ClFN5OS. The van der Waals surface area contributed by atoms with Crippen molar-refractivity contribution < 1.29 is 9.13 Å². The minimum Gasteiger partial charge on any atom is -0.496 e. The number of H-pyrrole nitrogens is 1. The topological polar surface area (TPSA) is 49.3 Å². The Labute approximate surface area is 178 Å². The number of hydrogen-bond donors (Lipinski definition) is 1. The standard InChI is InChI=1S/C20H21ClFN5OS/c1-28-18-7-6-14(21)12-15(18)19-23-20(29)27(24-19)13-25-8-10-26(11-9-25)17-5-3-2-4-16(17)22/h2-7,12H,8-11,13H2,1H3,(H,23,24,29). The van der Waals surface area contributed by atoms with Crippen LogP contribution in [-0.4, -0.2) is 53.0 Å². The fourth-order valence-electron chi connectivity index (χ4n) is 3.48. The van der Waals surface area contributed by atoms with Crippen molar-refractivity contribution in [3.8, 4) is 17.1 Å². The van der Waals surface area contributed by atoms with Crippen molar-refractivity contribution in [1.82, 2.24) is 19.7 Å². The average Bonchev–Trinajstić information content (AvgIpc) is 3.09. The molecule has 0 amide bonds. The van der Waals surface area contributed by atoms with Crippen LogP contribution in [0.4, 0.5) is 10.1 Å². The van der Waals surface area contributed by atoms with Crippen molar-refractivity contribution >= 4 is 29.5 Å². The molecular weight excluding hydrogens is 413 g/mol. The monoisotopic (exact) mass is 433 g/mol. The number of anilines is 1. The molecule has 9 heteroatoms. The molecule has 4 rings (SSSR count). The maximum absolute atomic E-state index is 14.0. The van der Waals surface area contributed by atoms with E-state index in [9.17, 15) is 4.39 Å². The second-order valence-electron chi connectivity index (χ2n) is 6.83. The Kier molecular flexibility index (Phi) is 5.84. The maximum atomic E-state index is 14.0. The lowest BCUT2D eigenvalue weighted by Gasteiger charge is -2.36. The van der Waals surface area contributed by atoms with E-state index in [1.807, 2.05) is 16.8 Å². The van der Waals surface area contributed by atoms with Crippen molar-refractivity contribution in [3.63, 3.8) is 0 Å². The van der Waals surface area contributed by atoms with Gasteiger partial charge in [0.25, 0.3) is 0 Å². The first-order valence-corrected chi connectivity index (χ1v) is 10.1. The summed E-state index contributed by atoms with van der Waals surface area (Å²) in [4.78, 5) is 8.79. The van der Waals surface area contributed by atoms with Crippen LogP contribution in [0, 0.1) is 10.6 Å². The Morgan fingerprint density at radius 3 is 2.66 bits per heavy atom. The molecule has 2 heterocycles. The van der Waals surface area contributed by atoms with E-state index in [-0.39, 0.29) is 5.82 Å². The van der Waals surface area contributed by atoms with E-state index < -0.39 is 0 Å². The van der Waals surface area contributed by atoms with Gasteiger partial charge in [-0.15, -0.1) is 0 Å². The predicted molar refractivity (Wildman–Crippen MR) is 115 cm³/mol. The summed E-state index contributed by atoms with van der Waals surface area (Å²) in [6, 6.07) is 12.3. The predicted octanol–water partition coefficient (Wildman–Crippen LogP) is 4.19. The third-order valence-electron chi connectivity index (χ3n) is 5.00. The number of nitrogens with one attached hydrogen (secondary N) is 1. The second kappa shape index (κ2) is 8.52. The van der Waals surface area contributed by atoms with Gasteiger partial charge in [0, 0.05) is 31.2 Å². The van der Waals surface area contributed by atoms with Crippen LogP contribution in [-0.2, 0) is 6.67 Å². The Bertz CT molecular complexity index is 1060. The van der Waals surface area contributed by atoms with Crippen LogP contribution in [0.1, 0.15) is 0 Å². The van der Waals surface area contributed by atoms with Gasteiger partial charge in [0.05, 0.1) is 25.0 Å². The lowest BCUT2D eigenvalue weighted by molar-refractivity contribution is 0.194. The zero-order chi connectivity index (χ0) is 20.4. The van der Waals surface area contributed by atoms with E-state index >= 15 is 0 Å². The molecule has 2 aromatic carbocycles. The minimum atomic E-state index is -0.183. The first-order chi connectivity index (χ1) is 14.0. The fraction of sp³-hybridized carbons (Fsp3) is 0.300. The quantitative estimate of drug-likeness (QED) is 0.611. The highest BCUT2D eigenvalue weighted by Crippen LogP contribution is 2.30. The summed E-state index contributed by atoms with van der Waals surface area (Å²) >= 11 is 11.6. The van der Waals surface area contributed by atoms with Gasteiger partial charge in [-0.2, -0.15) is 4.98 Å². The number of aromatic amines is 1. The van der Waals surface area contributed by atoms with Crippen molar-refractivity contribution in [2.24, 2.45) is 0 Å². The van der Waals surface area contributed by atoms with Gasteiger partial charge in [-0.3, -0.25) is 10.00 Å². The van der Waals surface area contributed by atoms with E-state index in [0.29, 0.717) is 33.7 Å². The van der Waals surface area contributed by atoms with Crippen molar-refractivity contribution in [1.29, 1.82) is 0 Å². The molecule has 0 unspecified atom stereocenters. The summed E-state index contributed by atoms with van der Waals surface area (Å²) in [7, 11) is 1.60. The zero-order valence-electron chi connectivity index (χ0n) is 15.9. The second-order valence-corrected chi connectivity index (χ2v) is 7.63. The molecule has 0 aliphatic carbocycles. The number of aromatic nitrogens is 3. The Hall–Kier alpha value is -2.42. The van der Waals surface area contributed by atoms with Crippen LogP contribution in [0.15, 0.2) is 42.5 Å². The molecule has 0 radical (unpaired) electrons. The Balaban J connectivity index is 1.46. The van der Waals surface area contributed by atoms with Crippen LogP contribution in [0.5, 0.6) is 5.75 Å². The summed E-state index contributed by atoms with van der Waals surface area (Å²) in [5.41, 5.74) is 1.41. The largest absolute Gasteiger partial charge is 0.496 e. The van der Waals surface area contributed by atoms with Gasteiger partial charge in [0.1, 0.15) is 11.6 Å². The molecule has 0 atom stereocenters. The third-order valence-corrected chi connectivity index (χ3v) is 5.55. The number of ether oxygens (including phenoxy) is 1. The maximum Gasteiger partial charge on any atom is 0.217 e. The summed E-state index contributed by atoms with van der Waals surface area (Å²) in [5, 5.41) is 3.84. The number of benzene rings is 2. The van der Waals surface area contributed by atoms with Gasteiger partial charge in [0.15, 0.2) is 5.82 Å². The zero-order valence-corrected chi connectivity index (χ0v) is 17.5. The number of hydrogen-bond acceptors (Lipinski definition) is 5. The molecule has 1 fully saturated rings.